The SMILES string of the molecule is Cc1[nH]c(=O)ccc1C(=O)NCC(=O)C(C)(C)C. The van der Waals surface area contributed by atoms with Crippen LogP contribution in [-0.2, 0) is 4.79 Å². The normalized spacial score (nSPS) is 11.1. The molecule has 0 aromatic carbocycles. The summed E-state index contributed by atoms with van der Waals surface area (Å²) in [5.41, 5.74) is 0.127. The van der Waals surface area contributed by atoms with Crippen LogP contribution in [0.5, 0.6) is 0 Å². The summed E-state index contributed by atoms with van der Waals surface area (Å²) in [7, 11) is 0. The molecule has 0 saturated carbocycles. The number of pyridine rings is 1. The second-order valence-electron chi connectivity index (χ2n) is 5.22. The van der Waals surface area contributed by atoms with Crippen LogP contribution in [0.3, 0.4) is 0 Å². The number of aromatic nitrogens is 1. The lowest BCUT2D eigenvalue weighted by molar-refractivity contribution is -0.125. The first-order valence-electron chi connectivity index (χ1n) is 5.73. The predicted molar refractivity (Wildman–Crippen MR) is 68.6 cm³/mol. The maximum atomic E-state index is 11.8. The van der Waals surface area contributed by atoms with Crippen LogP contribution in [0.2, 0.25) is 0 Å². The zero-order chi connectivity index (χ0) is 13.9. The Morgan fingerprint density at radius 1 is 1.28 bits per heavy atom. The molecule has 0 aliphatic carbocycles. The van der Waals surface area contributed by atoms with E-state index < -0.39 is 5.41 Å². The molecule has 0 aliphatic rings. The number of aromatic amines is 1. The summed E-state index contributed by atoms with van der Waals surface area (Å²) in [6.07, 6.45) is 0. The Hall–Kier alpha value is -1.91. The van der Waals surface area contributed by atoms with Gasteiger partial charge in [0.15, 0.2) is 5.78 Å². The van der Waals surface area contributed by atoms with Gasteiger partial charge in [0.25, 0.3) is 5.91 Å². The molecule has 1 heterocycles. The van der Waals surface area contributed by atoms with Crippen LogP contribution < -0.4 is 10.9 Å². The lowest BCUT2D eigenvalue weighted by atomic mass is 9.91. The zero-order valence-electron chi connectivity index (χ0n) is 11.1. The van der Waals surface area contributed by atoms with E-state index in [2.05, 4.69) is 10.3 Å². The molecule has 5 nitrogen and oxygen atoms in total. The molecule has 0 spiro atoms. The highest BCUT2D eigenvalue weighted by Crippen LogP contribution is 2.13. The summed E-state index contributed by atoms with van der Waals surface area (Å²) in [6.45, 7) is 7.02. The number of hydrogen-bond acceptors (Lipinski definition) is 3. The van der Waals surface area contributed by atoms with Gasteiger partial charge in [-0.25, -0.2) is 0 Å². The van der Waals surface area contributed by atoms with E-state index in [9.17, 15) is 14.4 Å². The molecule has 1 aromatic rings. The van der Waals surface area contributed by atoms with Crippen molar-refractivity contribution in [3.8, 4) is 0 Å². The van der Waals surface area contributed by atoms with Crippen molar-refractivity contribution in [3.05, 3.63) is 33.7 Å². The third-order valence-electron chi connectivity index (χ3n) is 2.61. The quantitative estimate of drug-likeness (QED) is 0.840. The first kappa shape index (κ1) is 14.2. The van der Waals surface area contributed by atoms with Gasteiger partial charge >= 0.3 is 0 Å². The fraction of sp³-hybridized carbons (Fsp3) is 0.462. The molecule has 1 aromatic heterocycles. The van der Waals surface area contributed by atoms with Crippen molar-refractivity contribution in [2.24, 2.45) is 5.41 Å². The van der Waals surface area contributed by atoms with Gasteiger partial charge in [0.2, 0.25) is 5.56 Å². The minimum atomic E-state index is -0.479. The number of carbonyl (C=O) groups excluding carboxylic acids is 2. The summed E-state index contributed by atoms with van der Waals surface area (Å²) in [6, 6.07) is 2.73. The van der Waals surface area contributed by atoms with Gasteiger partial charge in [0.1, 0.15) is 0 Å². The fourth-order valence-corrected chi connectivity index (χ4v) is 1.34. The highest BCUT2D eigenvalue weighted by molar-refractivity contribution is 5.98. The second kappa shape index (κ2) is 5.16. The van der Waals surface area contributed by atoms with Gasteiger partial charge in [-0.2, -0.15) is 0 Å². The van der Waals surface area contributed by atoms with E-state index in [1.165, 1.54) is 12.1 Å². The van der Waals surface area contributed by atoms with E-state index in [1.807, 2.05) is 0 Å². The average Bonchev–Trinajstić information content (AvgIpc) is 2.24. The molecule has 0 fully saturated rings. The first-order valence-corrected chi connectivity index (χ1v) is 5.73. The van der Waals surface area contributed by atoms with E-state index >= 15 is 0 Å². The van der Waals surface area contributed by atoms with Crippen molar-refractivity contribution in [1.29, 1.82) is 0 Å². The van der Waals surface area contributed by atoms with E-state index in [0.717, 1.165) is 0 Å². The number of rotatable bonds is 3. The molecule has 0 unspecified atom stereocenters. The Bertz CT molecular complexity index is 524. The number of aryl methyl sites for hydroxylation is 1. The van der Waals surface area contributed by atoms with Crippen molar-refractivity contribution in [3.63, 3.8) is 0 Å². The first-order chi connectivity index (χ1) is 8.21. The molecule has 5 heteroatoms. The predicted octanol–water partition coefficient (Wildman–Crippen LogP) is 1.03. The Labute approximate surface area is 106 Å². The minimum Gasteiger partial charge on any atom is -0.345 e. The van der Waals surface area contributed by atoms with E-state index in [4.69, 9.17) is 0 Å². The topological polar surface area (TPSA) is 79.0 Å². The van der Waals surface area contributed by atoms with Crippen LogP contribution in [0.15, 0.2) is 16.9 Å². The summed E-state index contributed by atoms with van der Waals surface area (Å²) in [5, 5.41) is 2.56. The highest BCUT2D eigenvalue weighted by atomic mass is 16.2. The average molecular weight is 250 g/mol. The molecule has 0 saturated heterocycles. The van der Waals surface area contributed by atoms with E-state index in [-0.39, 0.29) is 23.8 Å². The molecule has 0 atom stereocenters. The van der Waals surface area contributed by atoms with Crippen molar-refractivity contribution < 1.29 is 9.59 Å². The minimum absolute atomic E-state index is 0.0130. The van der Waals surface area contributed by atoms with Crippen molar-refractivity contribution in [2.75, 3.05) is 6.54 Å². The highest BCUT2D eigenvalue weighted by Gasteiger charge is 2.21. The molecule has 0 bridgehead atoms. The van der Waals surface area contributed by atoms with Crippen LogP contribution in [-0.4, -0.2) is 23.2 Å². The number of carbonyl (C=O) groups is 2. The monoisotopic (exact) mass is 250 g/mol. The van der Waals surface area contributed by atoms with Gasteiger partial charge in [0.05, 0.1) is 12.1 Å². The summed E-state index contributed by atoms with van der Waals surface area (Å²) in [5.74, 6) is -0.403. The van der Waals surface area contributed by atoms with Crippen molar-refractivity contribution in [1.82, 2.24) is 10.3 Å². The fourth-order valence-electron chi connectivity index (χ4n) is 1.34. The number of amides is 1. The lowest BCUT2D eigenvalue weighted by Gasteiger charge is -2.16. The Kier molecular flexibility index (Phi) is 4.06. The van der Waals surface area contributed by atoms with Gasteiger partial charge in [-0.05, 0) is 13.0 Å². The maximum absolute atomic E-state index is 11.8. The number of ketones is 1. The molecular weight excluding hydrogens is 232 g/mol. The van der Waals surface area contributed by atoms with Crippen LogP contribution in [0.4, 0.5) is 0 Å². The van der Waals surface area contributed by atoms with Crippen LogP contribution >= 0.6 is 0 Å². The zero-order valence-corrected chi connectivity index (χ0v) is 11.1. The number of hydrogen-bond donors (Lipinski definition) is 2. The Balaban J connectivity index is 2.72. The van der Waals surface area contributed by atoms with Gasteiger partial charge in [-0.15, -0.1) is 0 Å². The Morgan fingerprint density at radius 2 is 1.89 bits per heavy atom. The van der Waals surface area contributed by atoms with Crippen LogP contribution in [0.1, 0.15) is 36.8 Å². The lowest BCUT2D eigenvalue weighted by Crippen LogP contribution is -2.36. The van der Waals surface area contributed by atoms with Gasteiger partial charge < -0.3 is 10.3 Å². The smallest absolute Gasteiger partial charge is 0.253 e. The third kappa shape index (κ3) is 3.55. The molecular formula is C13H18N2O3. The van der Waals surface area contributed by atoms with Gasteiger partial charge in [-0.3, -0.25) is 14.4 Å². The molecule has 1 amide bonds. The van der Waals surface area contributed by atoms with Gasteiger partial charge in [0, 0.05) is 17.2 Å². The molecule has 0 radical (unpaired) electrons. The van der Waals surface area contributed by atoms with E-state index in [0.29, 0.717) is 11.3 Å². The van der Waals surface area contributed by atoms with E-state index in [1.54, 1.807) is 27.7 Å². The standard InChI is InChI=1S/C13H18N2O3/c1-8-9(5-6-11(17)15-8)12(18)14-7-10(16)13(2,3)4/h5-6H,7H2,1-4H3,(H,14,18)(H,15,17). The largest absolute Gasteiger partial charge is 0.345 e. The van der Waals surface area contributed by atoms with Crippen LogP contribution in [0, 0.1) is 12.3 Å². The number of nitrogens with one attached hydrogen (secondary N) is 2. The third-order valence-corrected chi connectivity index (χ3v) is 2.61. The molecule has 1 rings (SSSR count). The maximum Gasteiger partial charge on any atom is 0.253 e. The summed E-state index contributed by atoms with van der Waals surface area (Å²) in [4.78, 5) is 37.0. The number of H-pyrrole nitrogens is 1. The van der Waals surface area contributed by atoms with Crippen LogP contribution in [0.25, 0.3) is 0 Å². The van der Waals surface area contributed by atoms with Gasteiger partial charge in [-0.1, -0.05) is 20.8 Å². The second-order valence-corrected chi connectivity index (χ2v) is 5.22. The van der Waals surface area contributed by atoms with Crippen molar-refractivity contribution >= 4 is 11.7 Å². The summed E-state index contributed by atoms with van der Waals surface area (Å²) >= 11 is 0. The van der Waals surface area contributed by atoms with Crippen molar-refractivity contribution in [2.45, 2.75) is 27.7 Å². The molecule has 98 valence electrons. The number of Topliss-reactive ketones (excluding diaryl/α,β-unsaturated/α-hetero) is 1. The molecule has 18 heavy (non-hydrogen) atoms. The molecule has 2 N–H and O–H groups in total. The molecule has 0 aliphatic heterocycles. The Morgan fingerprint density at radius 3 is 2.39 bits per heavy atom. The summed E-state index contributed by atoms with van der Waals surface area (Å²) < 4.78 is 0.